The van der Waals surface area contributed by atoms with Crippen molar-refractivity contribution in [3.63, 3.8) is 0 Å². The van der Waals surface area contributed by atoms with Crippen molar-refractivity contribution in [2.45, 2.75) is 32.2 Å². The molecule has 1 unspecified atom stereocenters. The number of hydrogen-bond donors (Lipinski definition) is 1. The number of nitrogens with zero attached hydrogens (tertiary/aromatic N) is 2. The standard InChI is InChI=1S/C25H31N3O4/c1-31-22-11-9-20(23(16-22)32-2)17-27-24(29)12-8-19-6-5-15-28(18-19)25(30)13-10-21-7-3-4-14-26-21/h3-4,7,9-11,13-14,16,19H,5-6,8,12,15,17-18H2,1-2H3,(H,27,29). The predicted molar refractivity (Wildman–Crippen MR) is 123 cm³/mol. The summed E-state index contributed by atoms with van der Waals surface area (Å²) in [7, 11) is 3.20. The Morgan fingerprint density at radius 2 is 2.09 bits per heavy atom. The number of methoxy groups -OCH3 is 2. The van der Waals surface area contributed by atoms with Crippen LogP contribution in [-0.4, -0.2) is 49.0 Å². The number of nitrogens with one attached hydrogen (secondary N) is 1. The first-order valence-electron chi connectivity index (χ1n) is 10.9. The van der Waals surface area contributed by atoms with E-state index in [0.717, 1.165) is 37.1 Å². The van der Waals surface area contributed by atoms with E-state index in [1.807, 2.05) is 35.2 Å². The Morgan fingerprint density at radius 3 is 2.84 bits per heavy atom. The molecule has 2 aromatic rings. The second-order valence-electron chi connectivity index (χ2n) is 7.87. The van der Waals surface area contributed by atoms with E-state index in [1.54, 1.807) is 38.6 Å². The van der Waals surface area contributed by atoms with Crippen molar-refractivity contribution < 1.29 is 19.1 Å². The molecule has 170 valence electrons. The largest absolute Gasteiger partial charge is 0.497 e. The van der Waals surface area contributed by atoms with Gasteiger partial charge in [0.1, 0.15) is 11.5 Å². The highest BCUT2D eigenvalue weighted by Gasteiger charge is 2.23. The van der Waals surface area contributed by atoms with Gasteiger partial charge in [-0.3, -0.25) is 14.6 Å². The first-order valence-corrected chi connectivity index (χ1v) is 10.9. The molecular formula is C25H31N3O4. The number of piperidine rings is 1. The van der Waals surface area contributed by atoms with E-state index in [2.05, 4.69) is 10.3 Å². The summed E-state index contributed by atoms with van der Waals surface area (Å²) in [6.07, 6.45) is 8.23. The minimum atomic E-state index is -0.00333. The molecule has 1 fully saturated rings. The van der Waals surface area contributed by atoms with E-state index in [9.17, 15) is 9.59 Å². The third kappa shape index (κ3) is 6.83. The molecule has 0 spiro atoms. The molecule has 2 amide bonds. The molecule has 7 nitrogen and oxygen atoms in total. The van der Waals surface area contributed by atoms with Crippen LogP contribution >= 0.6 is 0 Å². The zero-order valence-electron chi connectivity index (χ0n) is 18.8. The molecule has 0 aliphatic carbocycles. The quantitative estimate of drug-likeness (QED) is 0.608. The van der Waals surface area contributed by atoms with Crippen LogP contribution in [0.3, 0.4) is 0 Å². The summed E-state index contributed by atoms with van der Waals surface area (Å²) in [6, 6.07) is 11.1. The van der Waals surface area contributed by atoms with Crippen LogP contribution < -0.4 is 14.8 Å². The molecule has 3 rings (SSSR count). The zero-order chi connectivity index (χ0) is 22.8. The Hall–Kier alpha value is -3.35. The number of benzene rings is 1. The maximum atomic E-state index is 12.5. The maximum absolute atomic E-state index is 12.5. The first kappa shape index (κ1) is 23.3. The molecule has 2 heterocycles. The highest BCUT2D eigenvalue weighted by molar-refractivity contribution is 5.91. The van der Waals surface area contributed by atoms with E-state index < -0.39 is 0 Å². The Morgan fingerprint density at radius 1 is 1.22 bits per heavy atom. The Kier molecular flexibility index (Phi) is 8.66. The van der Waals surface area contributed by atoms with Gasteiger partial charge in [0.05, 0.1) is 19.9 Å². The minimum Gasteiger partial charge on any atom is -0.497 e. The van der Waals surface area contributed by atoms with Gasteiger partial charge >= 0.3 is 0 Å². The fourth-order valence-corrected chi connectivity index (χ4v) is 3.85. The Balaban J connectivity index is 1.43. The van der Waals surface area contributed by atoms with Crippen LogP contribution in [0.15, 0.2) is 48.7 Å². The van der Waals surface area contributed by atoms with Crippen LogP contribution in [0, 0.1) is 5.92 Å². The van der Waals surface area contributed by atoms with Gasteiger partial charge in [-0.15, -0.1) is 0 Å². The van der Waals surface area contributed by atoms with Gasteiger partial charge in [0.2, 0.25) is 11.8 Å². The van der Waals surface area contributed by atoms with Crippen LogP contribution in [0.4, 0.5) is 0 Å². The third-order valence-electron chi connectivity index (χ3n) is 5.67. The summed E-state index contributed by atoms with van der Waals surface area (Å²) in [5.41, 5.74) is 1.66. The predicted octanol–water partition coefficient (Wildman–Crippen LogP) is 3.45. The SMILES string of the molecule is COc1ccc(CNC(=O)CCC2CCCN(C(=O)C=Cc3ccccn3)C2)c(OC)c1. The summed E-state index contributed by atoms with van der Waals surface area (Å²) in [5, 5.41) is 2.96. The van der Waals surface area contributed by atoms with Gasteiger partial charge < -0.3 is 19.7 Å². The number of aromatic nitrogens is 1. The van der Waals surface area contributed by atoms with Crippen LogP contribution in [0.1, 0.15) is 36.9 Å². The molecule has 0 bridgehead atoms. The molecule has 0 saturated carbocycles. The van der Waals surface area contributed by atoms with Crippen molar-refractivity contribution in [1.29, 1.82) is 0 Å². The minimum absolute atomic E-state index is 0.00127. The lowest BCUT2D eigenvalue weighted by molar-refractivity contribution is -0.127. The van der Waals surface area contributed by atoms with Crippen molar-refractivity contribution >= 4 is 17.9 Å². The normalized spacial score (nSPS) is 16.1. The molecule has 1 atom stereocenters. The lowest BCUT2D eigenvalue weighted by Crippen LogP contribution is -2.39. The van der Waals surface area contributed by atoms with Gasteiger partial charge in [-0.05, 0) is 55.5 Å². The van der Waals surface area contributed by atoms with Crippen LogP contribution in [0.2, 0.25) is 0 Å². The van der Waals surface area contributed by atoms with Crippen molar-refractivity contribution in [2.75, 3.05) is 27.3 Å². The number of rotatable bonds is 9. The maximum Gasteiger partial charge on any atom is 0.246 e. The number of carbonyl (C=O) groups excluding carboxylic acids is 2. The average Bonchev–Trinajstić information content (AvgIpc) is 2.85. The number of carbonyl (C=O) groups is 2. The molecule has 32 heavy (non-hydrogen) atoms. The summed E-state index contributed by atoms with van der Waals surface area (Å²) < 4.78 is 10.6. The number of amides is 2. The fraction of sp³-hybridized carbons (Fsp3) is 0.400. The van der Waals surface area contributed by atoms with Gasteiger partial charge in [0.15, 0.2) is 0 Å². The lowest BCUT2D eigenvalue weighted by Gasteiger charge is -2.32. The molecule has 1 aliphatic rings. The van der Waals surface area contributed by atoms with Crippen LogP contribution in [0.5, 0.6) is 11.5 Å². The molecule has 1 aromatic carbocycles. The Bertz CT molecular complexity index is 930. The Labute approximate surface area is 189 Å². The van der Waals surface area contributed by atoms with Crippen molar-refractivity contribution in [3.05, 3.63) is 59.9 Å². The van der Waals surface area contributed by atoms with E-state index >= 15 is 0 Å². The summed E-state index contributed by atoms with van der Waals surface area (Å²) >= 11 is 0. The average molecular weight is 438 g/mol. The summed E-state index contributed by atoms with van der Waals surface area (Å²) in [4.78, 5) is 31.0. The monoisotopic (exact) mass is 437 g/mol. The van der Waals surface area contributed by atoms with E-state index in [1.165, 1.54) is 0 Å². The van der Waals surface area contributed by atoms with E-state index in [4.69, 9.17) is 9.47 Å². The smallest absolute Gasteiger partial charge is 0.246 e. The van der Waals surface area contributed by atoms with E-state index in [0.29, 0.717) is 36.9 Å². The third-order valence-corrected chi connectivity index (χ3v) is 5.67. The van der Waals surface area contributed by atoms with Gasteiger partial charge in [-0.1, -0.05) is 6.07 Å². The topological polar surface area (TPSA) is 80.8 Å². The van der Waals surface area contributed by atoms with Gasteiger partial charge in [0.25, 0.3) is 0 Å². The van der Waals surface area contributed by atoms with Gasteiger partial charge in [-0.2, -0.15) is 0 Å². The van der Waals surface area contributed by atoms with Crippen LogP contribution in [-0.2, 0) is 16.1 Å². The van der Waals surface area contributed by atoms with Gasteiger partial charge in [-0.25, -0.2) is 0 Å². The van der Waals surface area contributed by atoms with Crippen molar-refractivity contribution in [3.8, 4) is 11.5 Å². The molecule has 1 N–H and O–H groups in total. The highest BCUT2D eigenvalue weighted by Crippen LogP contribution is 2.25. The molecule has 0 radical (unpaired) electrons. The van der Waals surface area contributed by atoms with Crippen LogP contribution in [0.25, 0.3) is 6.08 Å². The number of pyridine rings is 1. The number of ether oxygens (including phenoxy) is 2. The van der Waals surface area contributed by atoms with Crippen molar-refractivity contribution in [2.24, 2.45) is 5.92 Å². The van der Waals surface area contributed by atoms with E-state index in [-0.39, 0.29) is 11.8 Å². The second kappa shape index (κ2) is 11.9. The molecule has 7 heteroatoms. The highest BCUT2D eigenvalue weighted by atomic mass is 16.5. The molecule has 1 saturated heterocycles. The zero-order valence-corrected chi connectivity index (χ0v) is 18.8. The molecule has 1 aromatic heterocycles. The number of hydrogen-bond acceptors (Lipinski definition) is 5. The van der Waals surface area contributed by atoms with Crippen molar-refractivity contribution in [1.82, 2.24) is 15.2 Å². The van der Waals surface area contributed by atoms with Gasteiger partial charge in [0, 0.05) is 50.0 Å². The molecule has 1 aliphatic heterocycles. The molecular weight excluding hydrogens is 406 g/mol. The summed E-state index contributed by atoms with van der Waals surface area (Å²) in [6.45, 7) is 1.84. The summed E-state index contributed by atoms with van der Waals surface area (Å²) in [5.74, 6) is 1.73. The fourth-order valence-electron chi connectivity index (χ4n) is 3.85. The second-order valence-corrected chi connectivity index (χ2v) is 7.87. The lowest BCUT2D eigenvalue weighted by atomic mass is 9.93. The first-order chi connectivity index (χ1) is 15.6. The number of likely N-dealkylation sites (tertiary alicyclic amines) is 1.